The first kappa shape index (κ1) is 52.2. The van der Waals surface area contributed by atoms with E-state index in [-0.39, 0.29) is 79.0 Å². The predicted molar refractivity (Wildman–Crippen MR) is 266 cm³/mol. The summed E-state index contributed by atoms with van der Waals surface area (Å²) in [5.74, 6) is -2.43. The lowest BCUT2D eigenvalue weighted by Gasteiger charge is -2.38. The summed E-state index contributed by atoms with van der Waals surface area (Å²) in [5.41, 5.74) is -3.07. The van der Waals surface area contributed by atoms with E-state index in [2.05, 4.69) is 20.9 Å². The van der Waals surface area contributed by atoms with E-state index in [4.69, 9.17) is 9.47 Å². The number of benzene rings is 3. The highest BCUT2D eigenvalue weighted by Crippen LogP contribution is 2.59. The van der Waals surface area contributed by atoms with Crippen molar-refractivity contribution in [1.82, 2.24) is 30.2 Å². The molecule has 22 heteroatoms. The van der Waals surface area contributed by atoms with Gasteiger partial charge in [-0.2, -0.15) is 8.78 Å². The summed E-state index contributed by atoms with van der Waals surface area (Å²) >= 11 is 0.974. The maximum absolute atomic E-state index is 14.9. The van der Waals surface area contributed by atoms with Crippen LogP contribution >= 0.6 is 18.9 Å². The number of carbonyl (C=O) groups excluding carboxylic acids is 6. The lowest BCUT2D eigenvalue weighted by atomic mass is 9.85. The monoisotopic (exact) mass is 1050 g/mol. The number of rotatable bonds is 14. The Hall–Kier alpha value is -5.67. The average molecular weight is 1050 g/mol. The molecule has 0 bridgehead atoms. The van der Waals surface area contributed by atoms with Crippen molar-refractivity contribution in [2.75, 3.05) is 57.8 Å². The number of amides is 6. The largest absolute Gasteiger partial charge is 0.399 e. The molecule has 5 atom stereocenters. The molecule has 3 aromatic carbocycles. The van der Waals surface area contributed by atoms with Gasteiger partial charge in [0.25, 0.3) is 11.8 Å². The molecule has 0 spiro atoms. The zero-order valence-electron chi connectivity index (χ0n) is 40.8. The molecule has 4 aromatic rings. The standard InChI is InChI=1S/C51H60F2N7O11PS/c1-50(2,3)44(56-46(63)42-25-31-24-32(12-14-41(31)73-42)51(52,53)72(67,68)69)49(66)59-27-34(26-39(59)48(65)58-21-23-71-40(29-58)30-8-5-4-6-9-30)70-22-20-57-18-16-33(17-19-57)54-37-11-7-10-35-36(37)28-60(47(35)64)38-13-15-43(61)55-45(38)62/h4-12,14,24-25,33-34,38-40,44,54H,13,15-23,26-29H2,1-3H3,(H,56,63)(H,55,61,62)(H2,67,68,69)/t34-,38?,39-,40-,44?/m0/s1. The molecule has 0 saturated carbocycles. The molecule has 18 nitrogen and oxygen atoms in total. The number of fused-ring (bicyclic) bond motifs is 2. The summed E-state index contributed by atoms with van der Waals surface area (Å²) in [4.78, 5) is 107. The van der Waals surface area contributed by atoms with Gasteiger partial charge in [0.1, 0.15) is 24.2 Å². The number of alkyl halides is 2. The number of nitrogens with one attached hydrogen (secondary N) is 3. The van der Waals surface area contributed by atoms with Crippen LogP contribution in [0.3, 0.4) is 0 Å². The second kappa shape index (κ2) is 20.9. The minimum atomic E-state index is -5.84. The number of imide groups is 1. The molecule has 2 unspecified atom stereocenters. The van der Waals surface area contributed by atoms with Crippen LogP contribution in [-0.4, -0.2) is 148 Å². The van der Waals surface area contributed by atoms with E-state index >= 15 is 0 Å². The molecule has 6 heterocycles. The summed E-state index contributed by atoms with van der Waals surface area (Å²) < 4.78 is 53.8. The zero-order chi connectivity index (χ0) is 52.0. The molecule has 0 aliphatic carbocycles. The summed E-state index contributed by atoms with van der Waals surface area (Å²) in [6.07, 6.45) is 1.44. The smallest absolute Gasteiger partial charge is 0.382 e. The van der Waals surface area contributed by atoms with Gasteiger partial charge in [-0.1, -0.05) is 63.2 Å². The SMILES string of the molecule is CC(C)(C)C(NC(=O)c1cc2cc(C(F)(F)P(=O)(O)O)ccc2s1)C(=O)N1C[C@@H](OCCN2CCC(Nc3cccc4c3CN(C3CCC(=O)NC3=O)C4=O)CC2)C[C@H]1C(=O)N1CCO[C@H](c2ccccc2)C1. The third-order valence-electron chi connectivity index (χ3n) is 14.5. The molecule has 4 saturated heterocycles. The van der Waals surface area contributed by atoms with Crippen LogP contribution < -0.4 is 16.0 Å². The Balaban J connectivity index is 0.848. The Labute approximate surface area is 424 Å². The first-order chi connectivity index (χ1) is 34.7. The van der Waals surface area contributed by atoms with Crippen molar-refractivity contribution in [3.05, 3.63) is 99.9 Å². The Morgan fingerprint density at radius 2 is 1.71 bits per heavy atom. The highest BCUT2D eigenvalue weighted by molar-refractivity contribution is 7.52. The lowest BCUT2D eigenvalue weighted by molar-refractivity contribution is -0.150. The number of carbonyl (C=O) groups is 6. The lowest BCUT2D eigenvalue weighted by Crippen LogP contribution is -2.58. The van der Waals surface area contributed by atoms with Gasteiger partial charge < -0.3 is 49.5 Å². The fourth-order valence-corrected chi connectivity index (χ4v) is 11.9. The van der Waals surface area contributed by atoms with Crippen LogP contribution in [0.1, 0.15) is 95.7 Å². The molecule has 6 amide bonds. The number of thiophene rings is 1. The van der Waals surface area contributed by atoms with Crippen LogP contribution in [0.15, 0.2) is 72.8 Å². The topological polar surface area (TPSA) is 227 Å². The van der Waals surface area contributed by atoms with Gasteiger partial charge in [0.05, 0.1) is 30.7 Å². The Bertz CT molecular complexity index is 2830. The molecule has 390 valence electrons. The van der Waals surface area contributed by atoms with Crippen molar-refractivity contribution < 1.29 is 61.4 Å². The number of hydrogen-bond acceptors (Lipinski definition) is 12. The van der Waals surface area contributed by atoms with E-state index in [1.54, 1.807) is 36.6 Å². The molecule has 0 radical (unpaired) electrons. The van der Waals surface area contributed by atoms with Gasteiger partial charge in [-0.05, 0) is 66.0 Å². The normalized spacial score (nSPS) is 22.9. The van der Waals surface area contributed by atoms with Crippen molar-refractivity contribution >= 4 is 70.1 Å². The number of likely N-dealkylation sites (tertiary alicyclic amines) is 2. The number of ether oxygens (including phenoxy) is 2. The molecule has 9 rings (SSSR count). The molecule has 5 N–H and O–H groups in total. The first-order valence-corrected chi connectivity index (χ1v) is 27.0. The number of nitrogens with zero attached hydrogens (tertiary/aromatic N) is 4. The maximum atomic E-state index is 14.9. The van der Waals surface area contributed by atoms with Crippen LogP contribution in [0.25, 0.3) is 10.1 Å². The second-order valence-corrected chi connectivity index (χ2v) is 23.2. The van der Waals surface area contributed by atoms with Gasteiger partial charge in [0, 0.05) is 85.2 Å². The number of morpholine rings is 1. The second-order valence-electron chi connectivity index (χ2n) is 20.5. The predicted octanol–water partition coefficient (Wildman–Crippen LogP) is 5.20. The van der Waals surface area contributed by atoms with E-state index in [9.17, 15) is 51.9 Å². The van der Waals surface area contributed by atoms with E-state index in [1.807, 2.05) is 42.5 Å². The van der Waals surface area contributed by atoms with Crippen LogP contribution in [0.4, 0.5) is 14.5 Å². The highest BCUT2D eigenvalue weighted by Gasteiger charge is 2.51. The minimum absolute atomic E-state index is 0.0838. The zero-order valence-corrected chi connectivity index (χ0v) is 42.5. The molecule has 5 aliphatic rings. The minimum Gasteiger partial charge on any atom is -0.382 e. The van der Waals surface area contributed by atoms with Gasteiger partial charge >= 0.3 is 13.3 Å². The number of hydrogen-bond donors (Lipinski definition) is 5. The molecule has 73 heavy (non-hydrogen) atoms. The molecule has 1 aromatic heterocycles. The third kappa shape index (κ3) is 11.1. The first-order valence-electron chi connectivity index (χ1n) is 24.6. The number of piperidine rings is 2. The van der Waals surface area contributed by atoms with Crippen LogP contribution in [0.5, 0.6) is 0 Å². The quantitative estimate of drug-likeness (QED) is 0.0810. The number of anilines is 1. The van der Waals surface area contributed by atoms with Crippen molar-refractivity contribution in [3.8, 4) is 0 Å². The van der Waals surface area contributed by atoms with Gasteiger partial charge in [-0.3, -0.25) is 38.6 Å². The van der Waals surface area contributed by atoms with Crippen molar-refractivity contribution in [1.29, 1.82) is 0 Å². The third-order valence-corrected chi connectivity index (χ3v) is 16.6. The fraction of sp³-hybridized carbons (Fsp3) is 0.490. The number of halogens is 2. The molecular formula is C51H60F2N7O11PS. The summed E-state index contributed by atoms with van der Waals surface area (Å²) in [6, 6.07) is 16.9. The Morgan fingerprint density at radius 1 is 0.959 bits per heavy atom. The van der Waals surface area contributed by atoms with E-state index < -0.39 is 66.2 Å². The molecule has 5 aliphatic heterocycles. The van der Waals surface area contributed by atoms with Crippen molar-refractivity contribution in [2.24, 2.45) is 5.41 Å². The average Bonchev–Trinajstić information content (AvgIpc) is 4.09. The van der Waals surface area contributed by atoms with Gasteiger partial charge in [0.15, 0.2) is 0 Å². The Kier molecular flexibility index (Phi) is 15.0. The highest BCUT2D eigenvalue weighted by atomic mass is 32.1. The van der Waals surface area contributed by atoms with Gasteiger partial charge in [0.2, 0.25) is 23.6 Å². The summed E-state index contributed by atoms with van der Waals surface area (Å²) in [7, 11) is -5.84. The van der Waals surface area contributed by atoms with Crippen molar-refractivity contribution in [3.63, 3.8) is 0 Å². The van der Waals surface area contributed by atoms with Gasteiger partial charge in [-0.15, -0.1) is 11.3 Å². The fourth-order valence-electron chi connectivity index (χ4n) is 10.4. The Morgan fingerprint density at radius 3 is 2.42 bits per heavy atom. The van der Waals surface area contributed by atoms with E-state index in [0.29, 0.717) is 36.6 Å². The van der Waals surface area contributed by atoms with Crippen molar-refractivity contribution in [2.45, 2.75) is 101 Å². The van der Waals surface area contributed by atoms with E-state index in [1.165, 1.54) is 17.0 Å². The van der Waals surface area contributed by atoms with Crippen LogP contribution in [0.2, 0.25) is 0 Å². The summed E-state index contributed by atoms with van der Waals surface area (Å²) in [6.45, 7) is 9.06. The molecule has 4 fully saturated rings. The molecular weight excluding hydrogens is 988 g/mol. The van der Waals surface area contributed by atoms with E-state index in [0.717, 1.165) is 66.2 Å². The summed E-state index contributed by atoms with van der Waals surface area (Å²) in [5, 5.41) is 9.03. The van der Waals surface area contributed by atoms with Crippen LogP contribution in [-0.2, 0) is 45.4 Å². The maximum Gasteiger partial charge on any atom is 0.399 e. The van der Waals surface area contributed by atoms with Gasteiger partial charge in [-0.25, -0.2) is 0 Å². The van der Waals surface area contributed by atoms with Crippen LogP contribution in [0, 0.1) is 5.41 Å².